The predicted molar refractivity (Wildman–Crippen MR) is 61.5 cm³/mol. The minimum atomic E-state index is -0.226. The maximum absolute atomic E-state index is 13.0. The molecular weight excluding hydrogens is 205 g/mol. The van der Waals surface area contributed by atoms with Crippen LogP contribution in [0.1, 0.15) is 18.2 Å². The monoisotopic (exact) mass is 219 g/mol. The largest absolute Gasteiger partial charge is 0.396 e. The summed E-state index contributed by atoms with van der Waals surface area (Å²) in [6.07, 6.45) is 2.46. The van der Waals surface area contributed by atoms with Crippen LogP contribution in [0.15, 0.2) is 30.5 Å². The molecule has 1 heterocycles. The Balaban J connectivity index is 2.27. The number of aromatic nitrogens is 2. The quantitative estimate of drug-likeness (QED) is 0.860. The summed E-state index contributed by atoms with van der Waals surface area (Å²) in [5.74, 6) is -0.226. The average Bonchev–Trinajstić information content (AvgIpc) is 2.59. The molecule has 0 saturated heterocycles. The molecule has 1 aromatic carbocycles. The smallest absolute Gasteiger partial charge is 0.123 e. The second-order valence-electron chi connectivity index (χ2n) is 3.69. The van der Waals surface area contributed by atoms with Gasteiger partial charge in [-0.15, -0.1) is 0 Å². The third kappa shape index (κ3) is 2.05. The minimum Gasteiger partial charge on any atom is -0.396 e. The molecule has 0 atom stereocenters. The van der Waals surface area contributed by atoms with Crippen molar-refractivity contribution in [1.82, 2.24) is 9.78 Å². The molecule has 2 N–H and O–H groups in total. The maximum atomic E-state index is 13.0. The van der Waals surface area contributed by atoms with E-state index in [-0.39, 0.29) is 5.82 Å². The van der Waals surface area contributed by atoms with Crippen molar-refractivity contribution in [3.63, 3.8) is 0 Å². The third-order valence-electron chi connectivity index (χ3n) is 2.54. The van der Waals surface area contributed by atoms with Gasteiger partial charge in [-0.25, -0.2) is 4.39 Å². The van der Waals surface area contributed by atoms with Crippen LogP contribution < -0.4 is 5.73 Å². The molecule has 84 valence electrons. The SMILES string of the molecule is CCc1c(N)cnn1Cc1cccc(F)c1. The van der Waals surface area contributed by atoms with E-state index in [4.69, 9.17) is 5.73 Å². The van der Waals surface area contributed by atoms with Crippen LogP contribution in [0.3, 0.4) is 0 Å². The molecule has 0 aliphatic heterocycles. The van der Waals surface area contributed by atoms with Gasteiger partial charge >= 0.3 is 0 Å². The zero-order chi connectivity index (χ0) is 11.5. The fourth-order valence-electron chi connectivity index (χ4n) is 1.76. The van der Waals surface area contributed by atoms with Crippen LogP contribution in [0.4, 0.5) is 10.1 Å². The number of rotatable bonds is 3. The highest BCUT2D eigenvalue weighted by Gasteiger charge is 2.06. The second-order valence-corrected chi connectivity index (χ2v) is 3.69. The summed E-state index contributed by atoms with van der Waals surface area (Å²) in [5.41, 5.74) is 8.35. The van der Waals surface area contributed by atoms with Crippen LogP contribution >= 0.6 is 0 Å². The zero-order valence-electron chi connectivity index (χ0n) is 9.15. The number of nitrogen functional groups attached to an aromatic ring is 1. The third-order valence-corrected chi connectivity index (χ3v) is 2.54. The molecule has 0 saturated carbocycles. The summed E-state index contributed by atoms with van der Waals surface area (Å²) >= 11 is 0. The Morgan fingerprint density at radius 2 is 2.25 bits per heavy atom. The first-order valence-electron chi connectivity index (χ1n) is 5.25. The van der Waals surface area contributed by atoms with Crippen molar-refractivity contribution in [3.8, 4) is 0 Å². The molecule has 0 unspecified atom stereocenters. The van der Waals surface area contributed by atoms with E-state index in [2.05, 4.69) is 5.10 Å². The van der Waals surface area contributed by atoms with Crippen molar-refractivity contribution >= 4 is 5.69 Å². The predicted octanol–water partition coefficient (Wildman–Crippen LogP) is 2.22. The standard InChI is InChI=1S/C12H14FN3/c1-2-12-11(14)7-15-16(12)8-9-4-3-5-10(13)6-9/h3-7H,2,8,14H2,1H3. The van der Waals surface area contributed by atoms with Crippen LogP contribution in [0, 0.1) is 5.82 Å². The fraction of sp³-hybridized carbons (Fsp3) is 0.250. The van der Waals surface area contributed by atoms with Gasteiger partial charge in [0, 0.05) is 0 Å². The highest BCUT2D eigenvalue weighted by Crippen LogP contribution is 2.13. The Morgan fingerprint density at radius 1 is 1.44 bits per heavy atom. The van der Waals surface area contributed by atoms with Gasteiger partial charge in [-0.2, -0.15) is 5.10 Å². The number of anilines is 1. The Bertz CT molecular complexity index is 491. The molecular formula is C12H14FN3. The number of nitrogens with two attached hydrogens (primary N) is 1. The number of nitrogens with zero attached hydrogens (tertiary/aromatic N) is 2. The lowest BCUT2D eigenvalue weighted by molar-refractivity contribution is 0.614. The van der Waals surface area contributed by atoms with Crippen molar-refractivity contribution < 1.29 is 4.39 Å². The summed E-state index contributed by atoms with van der Waals surface area (Å²) in [6.45, 7) is 2.58. The van der Waals surface area contributed by atoms with Gasteiger partial charge in [0.25, 0.3) is 0 Å². The van der Waals surface area contributed by atoms with Gasteiger partial charge < -0.3 is 5.73 Å². The number of halogens is 1. The first-order chi connectivity index (χ1) is 7.70. The summed E-state index contributed by atoms with van der Waals surface area (Å²) < 4.78 is 14.8. The molecule has 4 heteroatoms. The van der Waals surface area contributed by atoms with E-state index in [1.165, 1.54) is 12.1 Å². The fourth-order valence-corrected chi connectivity index (χ4v) is 1.76. The lowest BCUT2D eigenvalue weighted by Gasteiger charge is -2.06. The zero-order valence-corrected chi connectivity index (χ0v) is 9.15. The summed E-state index contributed by atoms with van der Waals surface area (Å²) in [6, 6.07) is 6.52. The lowest BCUT2D eigenvalue weighted by Crippen LogP contribution is -2.06. The van der Waals surface area contributed by atoms with Gasteiger partial charge in [-0.05, 0) is 24.1 Å². The Hall–Kier alpha value is -1.84. The molecule has 2 aromatic rings. The van der Waals surface area contributed by atoms with E-state index in [9.17, 15) is 4.39 Å². The minimum absolute atomic E-state index is 0.226. The van der Waals surface area contributed by atoms with Crippen molar-refractivity contribution in [1.29, 1.82) is 0 Å². The average molecular weight is 219 g/mol. The molecule has 1 aromatic heterocycles. The van der Waals surface area contributed by atoms with Gasteiger partial charge in [0.15, 0.2) is 0 Å². The van der Waals surface area contributed by atoms with Gasteiger partial charge in [-0.3, -0.25) is 4.68 Å². The van der Waals surface area contributed by atoms with Crippen LogP contribution in [0.5, 0.6) is 0 Å². The van der Waals surface area contributed by atoms with E-state index in [0.29, 0.717) is 12.2 Å². The number of hydrogen-bond donors (Lipinski definition) is 1. The van der Waals surface area contributed by atoms with E-state index in [1.54, 1.807) is 12.3 Å². The lowest BCUT2D eigenvalue weighted by atomic mass is 10.2. The molecule has 0 spiro atoms. The Morgan fingerprint density at radius 3 is 2.94 bits per heavy atom. The Kier molecular flexibility index (Phi) is 2.90. The van der Waals surface area contributed by atoms with Crippen LogP contribution in [-0.4, -0.2) is 9.78 Å². The first kappa shape index (κ1) is 10.7. The highest BCUT2D eigenvalue weighted by atomic mass is 19.1. The molecule has 2 rings (SSSR count). The molecule has 16 heavy (non-hydrogen) atoms. The molecule has 0 radical (unpaired) electrons. The molecule has 0 amide bonds. The van der Waals surface area contributed by atoms with E-state index < -0.39 is 0 Å². The topological polar surface area (TPSA) is 43.8 Å². The van der Waals surface area contributed by atoms with Gasteiger partial charge in [0.2, 0.25) is 0 Å². The summed E-state index contributed by atoms with van der Waals surface area (Å²) in [4.78, 5) is 0. The van der Waals surface area contributed by atoms with Gasteiger partial charge in [0.05, 0.1) is 24.1 Å². The molecule has 0 aliphatic carbocycles. The first-order valence-corrected chi connectivity index (χ1v) is 5.25. The van der Waals surface area contributed by atoms with Gasteiger partial charge in [-0.1, -0.05) is 19.1 Å². The molecule has 3 nitrogen and oxygen atoms in total. The molecule has 0 bridgehead atoms. The highest BCUT2D eigenvalue weighted by molar-refractivity contribution is 5.41. The van der Waals surface area contributed by atoms with Crippen molar-refractivity contribution in [2.24, 2.45) is 0 Å². The van der Waals surface area contributed by atoms with Crippen LogP contribution in [-0.2, 0) is 13.0 Å². The molecule has 0 fully saturated rings. The summed E-state index contributed by atoms with van der Waals surface area (Å²) in [5, 5.41) is 4.18. The molecule has 0 aliphatic rings. The van der Waals surface area contributed by atoms with E-state index in [1.807, 2.05) is 17.7 Å². The number of hydrogen-bond acceptors (Lipinski definition) is 2. The van der Waals surface area contributed by atoms with Crippen molar-refractivity contribution in [2.45, 2.75) is 19.9 Å². The second kappa shape index (κ2) is 4.35. The van der Waals surface area contributed by atoms with Gasteiger partial charge in [0.1, 0.15) is 5.82 Å². The van der Waals surface area contributed by atoms with Crippen molar-refractivity contribution in [2.75, 3.05) is 5.73 Å². The summed E-state index contributed by atoms with van der Waals surface area (Å²) in [7, 11) is 0. The Labute approximate surface area is 93.7 Å². The van der Waals surface area contributed by atoms with Crippen LogP contribution in [0.25, 0.3) is 0 Å². The van der Waals surface area contributed by atoms with Crippen molar-refractivity contribution in [3.05, 3.63) is 47.5 Å². The van der Waals surface area contributed by atoms with E-state index >= 15 is 0 Å². The van der Waals surface area contributed by atoms with Crippen LogP contribution in [0.2, 0.25) is 0 Å². The van der Waals surface area contributed by atoms with E-state index in [0.717, 1.165) is 17.7 Å². The maximum Gasteiger partial charge on any atom is 0.123 e. The number of benzene rings is 1. The normalized spacial score (nSPS) is 10.6.